The van der Waals surface area contributed by atoms with Gasteiger partial charge in [0.15, 0.2) is 0 Å². The number of piperidine rings is 1. The largest absolute Gasteiger partial charge is 0.444 e. The van der Waals surface area contributed by atoms with Crippen molar-refractivity contribution in [2.75, 3.05) is 6.54 Å². The van der Waals surface area contributed by atoms with Gasteiger partial charge in [-0.1, -0.05) is 30.3 Å². The molecule has 126 valence electrons. The maximum Gasteiger partial charge on any atom is 0.410 e. The second-order valence-corrected chi connectivity index (χ2v) is 7.20. The third-order valence-corrected chi connectivity index (χ3v) is 4.25. The summed E-state index contributed by atoms with van der Waals surface area (Å²) in [4.78, 5) is 13.6. The van der Waals surface area contributed by atoms with Gasteiger partial charge in [-0.3, -0.25) is 4.90 Å². The van der Waals surface area contributed by atoms with Gasteiger partial charge < -0.3 is 19.7 Å². The van der Waals surface area contributed by atoms with Crippen molar-refractivity contribution in [3.8, 4) is 0 Å². The number of likely N-dealkylation sites (tertiary alicyclic amines) is 1. The normalized spacial score (nSPS) is 32.6. The summed E-state index contributed by atoms with van der Waals surface area (Å²) in [5.41, 5.74) is -1.05. The molecule has 2 N–H and O–H groups in total. The molecular weight excluding hydrogens is 298 g/mol. The summed E-state index contributed by atoms with van der Waals surface area (Å²) < 4.78 is 11.1. The summed E-state index contributed by atoms with van der Waals surface area (Å²) in [6, 6.07) is 9.01. The number of rotatable bonds is 3. The highest BCUT2D eigenvalue weighted by molar-refractivity contribution is 5.71. The number of hydrogen-bond donors (Lipinski definition) is 2. The number of ether oxygens (including phenoxy) is 2. The summed E-state index contributed by atoms with van der Waals surface area (Å²) in [6.07, 6.45) is -2.16. The molecule has 3 rings (SSSR count). The van der Waals surface area contributed by atoms with Crippen molar-refractivity contribution in [2.45, 2.75) is 56.8 Å². The van der Waals surface area contributed by atoms with E-state index < -0.39 is 35.5 Å². The highest BCUT2D eigenvalue weighted by Gasteiger charge is 2.77. The zero-order valence-corrected chi connectivity index (χ0v) is 13.6. The van der Waals surface area contributed by atoms with Gasteiger partial charge in [-0.15, -0.1) is 0 Å². The third-order valence-electron chi connectivity index (χ3n) is 4.25. The molecule has 1 aromatic rings. The molecule has 0 bridgehead atoms. The van der Waals surface area contributed by atoms with Crippen LogP contribution in [0.4, 0.5) is 4.79 Å². The van der Waals surface area contributed by atoms with Gasteiger partial charge in [0.1, 0.15) is 23.4 Å². The molecule has 1 heterocycles. The van der Waals surface area contributed by atoms with Crippen LogP contribution in [0.2, 0.25) is 0 Å². The number of nitrogens with zero attached hydrogens (tertiary/aromatic N) is 1. The van der Waals surface area contributed by atoms with Crippen LogP contribution in [-0.2, 0) is 16.1 Å². The van der Waals surface area contributed by atoms with E-state index in [0.717, 1.165) is 5.56 Å². The molecule has 1 saturated heterocycles. The number of carbonyl (C=O) groups is 1. The van der Waals surface area contributed by atoms with Crippen LogP contribution in [0.3, 0.4) is 0 Å². The molecule has 6 nitrogen and oxygen atoms in total. The number of carbonyl (C=O) groups excluding carboxylic acids is 1. The van der Waals surface area contributed by atoms with Crippen molar-refractivity contribution in [2.24, 2.45) is 0 Å². The standard InChI is InChI=1S/C17H23NO5/c1-16(2,3)23-15(20)18-9-12(19)17(21)13(18)14(17)22-10-11-7-5-4-6-8-11/h4-8,12-14,19,21H,9-10H2,1-3H3/t12-,13+,14?,17-/m0/s1. The minimum Gasteiger partial charge on any atom is -0.444 e. The van der Waals surface area contributed by atoms with Gasteiger partial charge >= 0.3 is 6.09 Å². The number of hydrogen-bond acceptors (Lipinski definition) is 5. The van der Waals surface area contributed by atoms with E-state index >= 15 is 0 Å². The van der Waals surface area contributed by atoms with Crippen molar-refractivity contribution in [1.82, 2.24) is 4.90 Å². The predicted octanol–water partition coefficient (Wildman–Crippen LogP) is 1.30. The molecular formula is C17H23NO5. The lowest BCUT2D eigenvalue weighted by molar-refractivity contribution is -0.0478. The molecule has 0 spiro atoms. The first-order valence-electron chi connectivity index (χ1n) is 7.79. The quantitative estimate of drug-likeness (QED) is 0.877. The Bertz CT molecular complexity index is 584. The predicted molar refractivity (Wildman–Crippen MR) is 82.7 cm³/mol. The van der Waals surface area contributed by atoms with Crippen LogP contribution < -0.4 is 0 Å². The van der Waals surface area contributed by atoms with Gasteiger partial charge in [0.2, 0.25) is 0 Å². The maximum absolute atomic E-state index is 12.2. The van der Waals surface area contributed by atoms with Crippen molar-refractivity contribution in [1.29, 1.82) is 0 Å². The Kier molecular flexibility index (Phi) is 3.86. The summed E-state index contributed by atoms with van der Waals surface area (Å²) in [6.45, 7) is 5.71. The molecule has 23 heavy (non-hydrogen) atoms. The van der Waals surface area contributed by atoms with Gasteiger partial charge in [0.05, 0.1) is 19.2 Å². The lowest BCUT2D eigenvalue weighted by atomic mass is 10.2. The van der Waals surface area contributed by atoms with Crippen LogP contribution in [-0.4, -0.2) is 57.2 Å². The fourth-order valence-corrected chi connectivity index (χ4v) is 3.08. The molecule has 1 aliphatic heterocycles. The van der Waals surface area contributed by atoms with Crippen molar-refractivity contribution in [3.63, 3.8) is 0 Å². The summed E-state index contributed by atoms with van der Waals surface area (Å²) in [7, 11) is 0. The van der Waals surface area contributed by atoms with Gasteiger partial charge in [0, 0.05) is 0 Å². The number of benzene rings is 1. The Morgan fingerprint density at radius 2 is 2.00 bits per heavy atom. The first kappa shape index (κ1) is 16.2. The van der Waals surface area contributed by atoms with Crippen LogP contribution in [0.25, 0.3) is 0 Å². The SMILES string of the molecule is CC(C)(C)OC(=O)N1C[C@H](O)[C@@]2(O)C(OCc3ccccc3)[C@@H]12. The Balaban J connectivity index is 1.65. The van der Waals surface area contributed by atoms with Gasteiger partial charge in [0.25, 0.3) is 0 Å². The van der Waals surface area contributed by atoms with E-state index in [1.807, 2.05) is 30.3 Å². The molecule has 1 aromatic carbocycles. The van der Waals surface area contributed by atoms with Crippen molar-refractivity contribution >= 4 is 6.09 Å². The maximum atomic E-state index is 12.2. The fraction of sp³-hybridized carbons (Fsp3) is 0.588. The van der Waals surface area contributed by atoms with E-state index in [-0.39, 0.29) is 6.54 Å². The van der Waals surface area contributed by atoms with Crippen LogP contribution in [0.15, 0.2) is 30.3 Å². The van der Waals surface area contributed by atoms with Gasteiger partial charge in [-0.2, -0.15) is 0 Å². The van der Waals surface area contributed by atoms with E-state index in [1.165, 1.54) is 4.90 Å². The number of amides is 1. The van der Waals surface area contributed by atoms with E-state index in [2.05, 4.69) is 0 Å². The molecule has 2 aliphatic rings. The molecule has 1 aliphatic carbocycles. The highest BCUT2D eigenvalue weighted by Crippen LogP contribution is 2.51. The third kappa shape index (κ3) is 2.94. The summed E-state index contributed by atoms with van der Waals surface area (Å²) >= 11 is 0. The van der Waals surface area contributed by atoms with Crippen molar-refractivity contribution in [3.05, 3.63) is 35.9 Å². The average Bonchev–Trinajstić information content (AvgIpc) is 2.97. The molecule has 4 atom stereocenters. The number of β-amino-alcohol motifs (C(OH)–C–C–N with tert-alkyl or cyclic N) is 1. The zero-order chi connectivity index (χ0) is 16.8. The number of aliphatic hydroxyl groups is 2. The highest BCUT2D eigenvalue weighted by atomic mass is 16.6. The summed E-state index contributed by atoms with van der Waals surface area (Å²) in [5, 5.41) is 20.7. The number of aliphatic hydroxyl groups excluding tert-OH is 1. The first-order chi connectivity index (χ1) is 10.7. The monoisotopic (exact) mass is 321 g/mol. The Morgan fingerprint density at radius 3 is 2.61 bits per heavy atom. The van der Waals surface area contributed by atoms with E-state index in [4.69, 9.17) is 9.47 Å². The van der Waals surface area contributed by atoms with Crippen LogP contribution >= 0.6 is 0 Å². The second-order valence-electron chi connectivity index (χ2n) is 7.20. The van der Waals surface area contributed by atoms with E-state index in [0.29, 0.717) is 6.61 Å². The molecule has 2 fully saturated rings. The minimum absolute atomic E-state index is 0.0568. The minimum atomic E-state index is -1.40. The molecule has 1 unspecified atom stereocenters. The van der Waals surface area contributed by atoms with Gasteiger partial charge in [-0.05, 0) is 26.3 Å². The fourth-order valence-electron chi connectivity index (χ4n) is 3.08. The Morgan fingerprint density at radius 1 is 1.35 bits per heavy atom. The Hall–Kier alpha value is -1.63. The average molecular weight is 321 g/mol. The number of fused-ring (bicyclic) bond motifs is 1. The van der Waals surface area contributed by atoms with E-state index in [1.54, 1.807) is 20.8 Å². The zero-order valence-electron chi connectivity index (χ0n) is 13.6. The molecule has 1 amide bonds. The second kappa shape index (κ2) is 5.47. The Labute approximate surface area is 135 Å². The van der Waals surface area contributed by atoms with Crippen LogP contribution in [0, 0.1) is 0 Å². The molecule has 1 saturated carbocycles. The smallest absolute Gasteiger partial charge is 0.410 e. The molecule has 0 radical (unpaired) electrons. The first-order valence-corrected chi connectivity index (χ1v) is 7.79. The summed E-state index contributed by atoms with van der Waals surface area (Å²) in [5.74, 6) is 0. The van der Waals surface area contributed by atoms with Crippen molar-refractivity contribution < 1.29 is 24.5 Å². The van der Waals surface area contributed by atoms with Crippen LogP contribution in [0.1, 0.15) is 26.3 Å². The lowest BCUT2D eigenvalue weighted by Gasteiger charge is -2.26. The van der Waals surface area contributed by atoms with E-state index in [9.17, 15) is 15.0 Å². The topological polar surface area (TPSA) is 79.2 Å². The lowest BCUT2D eigenvalue weighted by Crippen LogP contribution is -2.41. The van der Waals surface area contributed by atoms with Gasteiger partial charge in [-0.25, -0.2) is 4.79 Å². The van der Waals surface area contributed by atoms with Crippen LogP contribution in [0.5, 0.6) is 0 Å². The molecule has 0 aromatic heterocycles. The molecule has 6 heteroatoms.